The van der Waals surface area contributed by atoms with E-state index in [1.165, 1.54) is 69.8 Å². The summed E-state index contributed by atoms with van der Waals surface area (Å²) >= 11 is 0. The summed E-state index contributed by atoms with van der Waals surface area (Å²) in [6.45, 7) is 12.0. The van der Waals surface area contributed by atoms with Gasteiger partial charge in [-0.05, 0) is 44.3 Å². The summed E-state index contributed by atoms with van der Waals surface area (Å²) in [5, 5.41) is 3.46. The van der Waals surface area contributed by atoms with Gasteiger partial charge in [0.05, 0.1) is 0 Å². The first kappa shape index (κ1) is 15.0. The smallest absolute Gasteiger partial charge is 0.0234 e. The number of piperazine rings is 1. The summed E-state index contributed by atoms with van der Waals surface area (Å²) in [5.74, 6) is 0.926. The Morgan fingerprint density at radius 3 is 2.48 bits per heavy atom. The van der Waals surface area contributed by atoms with Crippen LogP contribution in [0.1, 0.15) is 24.0 Å². The first-order valence-corrected chi connectivity index (χ1v) is 8.50. The van der Waals surface area contributed by atoms with E-state index >= 15 is 0 Å². The minimum Gasteiger partial charge on any atom is -0.317 e. The Bertz CT molecular complexity index is 432. The second-order valence-corrected chi connectivity index (χ2v) is 6.76. The fourth-order valence-electron chi connectivity index (χ4n) is 3.63. The van der Waals surface area contributed by atoms with Crippen LogP contribution < -0.4 is 5.32 Å². The van der Waals surface area contributed by atoms with Gasteiger partial charge in [0.1, 0.15) is 0 Å². The predicted molar refractivity (Wildman–Crippen MR) is 88.5 cm³/mol. The Labute approximate surface area is 129 Å². The third-order valence-corrected chi connectivity index (χ3v) is 4.93. The normalized spacial score (nSPS) is 22.5. The van der Waals surface area contributed by atoms with E-state index in [1.54, 1.807) is 0 Å². The van der Waals surface area contributed by atoms with E-state index in [1.807, 2.05) is 0 Å². The van der Waals surface area contributed by atoms with Crippen molar-refractivity contribution < 1.29 is 0 Å². The van der Waals surface area contributed by atoms with Gasteiger partial charge in [0, 0.05) is 39.3 Å². The Morgan fingerprint density at radius 1 is 1.05 bits per heavy atom. The average molecular weight is 287 g/mol. The fourth-order valence-corrected chi connectivity index (χ4v) is 3.63. The van der Waals surface area contributed by atoms with E-state index in [2.05, 4.69) is 46.3 Å². The maximum atomic E-state index is 3.46. The molecule has 2 fully saturated rings. The highest BCUT2D eigenvalue weighted by Crippen LogP contribution is 2.16. The fraction of sp³-hybridized carbons (Fsp3) is 0.667. The first-order valence-electron chi connectivity index (χ1n) is 8.50. The highest BCUT2D eigenvalue weighted by molar-refractivity contribution is 5.22. The lowest BCUT2D eigenvalue weighted by Gasteiger charge is -2.37. The molecule has 3 heteroatoms. The second kappa shape index (κ2) is 7.39. The summed E-state index contributed by atoms with van der Waals surface area (Å²) in [4.78, 5) is 5.29. The Balaban J connectivity index is 1.42. The van der Waals surface area contributed by atoms with Gasteiger partial charge in [-0.25, -0.2) is 0 Å². The molecule has 3 rings (SSSR count). The molecular weight excluding hydrogens is 258 g/mol. The van der Waals surface area contributed by atoms with Crippen LogP contribution in [-0.4, -0.2) is 55.6 Å². The van der Waals surface area contributed by atoms with Crippen molar-refractivity contribution >= 4 is 0 Å². The third kappa shape index (κ3) is 4.53. The number of piperidine rings is 1. The van der Waals surface area contributed by atoms with Gasteiger partial charge in [-0.2, -0.15) is 0 Å². The quantitative estimate of drug-likeness (QED) is 0.915. The lowest BCUT2D eigenvalue weighted by atomic mass is 9.97. The molecule has 1 N–H and O–H groups in total. The highest BCUT2D eigenvalue weighted by Gasteiger charge is 2.21. The van der Waals surface area contributed by atoms with Crippen LogP contribution in [0.5, 0.6) is 0 Å². The molecule has 0 bridgehead atoms. The van der Waals surface area contributed by atoms with Crippen LogP contribution in [-0.2, 0) is 6.54 Å². The molecule has 0 unspecified atom stereocenters. The van der Waals surface area contributed by atoms with Crippen molar-refractivity contribution in [3.05, 3.63) is 35.4 Å². The van der Waals surface area contributed by atoms with E-state index in [0.29, 0.717) is 0 Å². The molecule has 3 nitrogen and oxygen atoms in total. The van der Waals surface area contributed by atoms with Gasteiger partial charge in [-0.3, -0.25) is 4.90 Å². The summed E-state index contributed by atoms with van der Waals surface area (Å²) in [6, 6.07) is 8.94. The van der Waals surface area contributed by atoms with E-state index in [-0.39, 0.29) is 0 Å². The Morgan fingerprint density at radius 2 is 1.76 bits per heavy atom. The zero-order chi connectivity index (χ0) is 14.5. The minimum atomic E-state index is 0.926. The molecule has 2 aliphatic heterocycles. The highest BCUT2D eigenvalue weighted by atomic mass is 15.3. The lowest BCUT2D eigenvalue weighted by Crippen LogP contribution is -2.48. The van der Waals surface area contributed by atoms with E-state index < -0.39 is 0 Å². The van der Waals surface area contributed by atoms with Gasteiger partial charge < -0.3 is 10.2 Å². The van der Waals surface area contributed by atoms with Crippen molar-refractivity contribution in [1.82, 2.24) is 15.1 Å². The SMILES string of the molecule is Cc1cccc(CN2CCN(CC3CCNCC3)CC2)c1. The monoisotopic (exact) mass is 287 g/mol. The van der Waals surface area contributed by atoms with Crippen molar-refractivity contribution in [1.29, 1.82) is 0 Å². The number of aryl methyl sites for hydroxylation is 1. The molecule has 0 saturated carbocycles. The molecule has 1 aromatic rings. The largest absolute Gasteiger partial charge is 0.317 e. The van der Waals surface area contributed by atoms with Crippen molar-refractivity contribution in [2.75, 3.05) is 45.8 Å². The molecule has 1 aromatic carbocycles. The van der Waals surface area contributed by atoms with Gasteiger partial charge in [0.2, 0.25) is 0 Å². The standard InChI is InChI=1S/C18H29N3/c1-16-3-2-4-18(13-16)15-21-11-9-20(10-12-21)14-17-5-7-19-8-6-17/h2-4,13,17,19H,5-12,14-15H2,1H3. The summed E-state index contributed by atoms with van der Waals surface area (Å²) < 4.78 is 0. The molecule has 0 aromatic heterocycles. The van der Waals surface area contributed by atoms with E-state index in [0.717, 1.165) is 12.5 Å². The number of rotatable bonds is 4. The second-order valence-electron chi connectivity index (χ2n) is 6.76. The summed E-state index contributed by atoms with van der Waals surface area (Å²) in [7, 11) is 0. The molecule has 116 valence electrons. The zero-order valence-corrected chi connectivity index (χ0v) is 13.4. The Kier molecular flexibility index (Phi) is 5.28. The number of hydrogen-bond donors (Lipinski definition) is 1. The van der Waals surface area contributed by atoms with Gasteiger partial charge in [-0.1, -0.05) is 29.8 Å². The molecule has 0 atom stereocenters. The van der Waals surface area contributed by atoms with Gasteiger partial charge in [0.25, 0.3) is 0 Å². The van der Waals surface area contributed by atoms with Gasteiger partial charge in [0.15, 0.2) is 0 Å². The maximum Gasteiger partial charge on any atom is 0.0234 e. The van der Waals surface area contributed by atoms with E-state index in [9.17, 15) is 0 Å². The zero-order valence-electron chi connectivity index (χ0n) is 13.4. The van der Waals surface area contributed by atoms with Crippen LogP contribution >= 0.6 is 0 Å². The maximum absolute atomic E-state index is 3.46. The lowest BCUT2D eigenvalue weighted by molar-refractivity contribution is 0.107. The molecule has 2 saturated heterocycles. The minimum absolute atomic E-state index is 0.926. The molecule has 0 aliphatic carbocycles. The molecule has 0 amide bonds. The van der Waals surface area contributed by atoms with Crippen LogP contribution in [0, 0.1) is 12.8 Å². The number of hydrogen-bond acceptors (Lipinski definition) is 3. The van der Waals surface area contributed by atoms with Crippen molar-refractivity contribution in [2.45, 2.75) is 26.3 Å². The molecule has 21 heavy (non-hydrogen) atoms. The van der Waals surface area contributed by atoms with Gasteiger partial charge in [-0.15, -0.1) is 0 Å². The molecule has 0 radical (unpaired) electrons. The number of nitrogens with zero attached hydrogens (tertiary/aromatic N) is 2. The molecular formula is C18H29N3. The molecule has 0 spiro atoms. The van der Waals surface area contributed by atoms with Gasteiger partial charge >= 0.3 is 0 Å². The topological polar surface area (TPSA) is 18.5 Å². The predicted octanol–water partition coefficient (Wildman–Crippen LogP) is 2.11. The van der Waals surface area contributed by atoms with Crippen LogP contribution in [0.15, 0.2) is 24.3 Å². The molecule has 2 heterocycles. The van der Waals surface area contributed by atoms with Crippen molar-refractivity contribution in [2.24, 2.45) is 5.92 Å². The van der Waals surface area contributed by atoms with Crippen LogP contribution in [0.3, 0.4) is 0 Å². The number of nitrogens with one attached hydrogen (secondary N) is 1. The van der Waals surface area contributed by atoms with Crippen LogP contribution in [0.25, 0.3) is 0 Å². The van der Waals surface area contributed by atoms with Crippen LogP contribution in [0.4, 0.5) is 0 Å². The van der Waals surface area contributed by atoms with Crippen LogP contribution in [0.2, 0.25) is 0 Å². The first-order chi connectivity index (χ1) is 10.3. The number of benzene rings is 1. The average Bonchev–Trinajstić information content (AvgIpc) is 2.50. The van der Waals surface area contributed by atoms with Crippen molar-refractivity contribution in [3.63, 3.8) is 0 Å². The Hall–Kier alpha value is -0.900. The van der Waals surface area contributed by atoms with Crippen molar-refractivity contribution in [3.8, 4) is 0 Å². The summed E-state index contributed by atoms with van der Waals surface area (Å²) in [5.41, 5.74) is 2.83. The van der Waals surface area contributed by atoms with E-state index in [4.69, 9.17) is 0 Å². The summed E-state index contributed by atoms with van der Waals surface area (Å²) in [6.07, 6.45) is 2.73. The molecule has 2 aliphatic rings. The third-order valence-electron chi connectivity index (χ3n) is 4.93.